The largest absolute Gasteiger partial charge is 0.0715 e. The maximum Gasteiger partial charge on any atom is 0.0443 e. The van der Waals surface area contributed by atoms with E-state index in [1.807, 2.05) is 0 Å². The first-order valence-corrected chi connectivity index (χ1v) is 15.4. The highest BCUT2D eigenvalue weighted by Gasteiger charge is 2.54. The van der Waals surface area contributed by atoms with E-state index in [0.29, 0.717) is 5.92 Å². The summed E-state index contributed by atoms with van der Waals surface area (Å²) in [5, 5.41) is 2.78. The SMILES string of the molecule is CC1=CC2(CC(C)=C1)c1ccc3c(c1-c1ccc4cc(C(C)C)ccc4c12)C(C)(C)C1=C3C(C)(C)c2ccccc21. The van der Waals surface area contributed by atoms with Crippen LogP contribution in [0.25, 0.3) is 33.0 Å². The van der Waals surface area contributed by atoms with Crippen molar-refractivity contribution >= 4 is 21.9 Å². The molecule has 4 aliphatic rings. The van der Waals surface area contributed by atoms with Crippen molar-refractivity contribution in [2.45, 2.75) is 84.0 Å². The summed E-state index contributed by atoms with van der Waals surface area (Å²) in [7, 11) is 0. The van der Waals surface area contributed by atoms with E-state index in [4.69, 9.17) is 0 Å². The second-order valence-electron chi connectivity index (χ2n) is 14.6. The maximum absolute atomic E-state index is 2.59. The molecule has 0 saturated heterocycles. The van der Waals surface area contributed by atoms with Crippen LogP contribution in [0.3, 0.4) is 0 Å². The van der Waals surface area contributed by atoms with E-state index in [2.05, 4.69) is 134 Å². The Morgan fingerprint density at radius 3 is 2.17 bits per heavy atom. The van der Waals surface area contributed by atoms with Crippen molar-refractivity contribution in [3.8, 4) is 11.1 Å². The van der Waals surface area contributed by atoms with Gasteiger partial charge >= 0.3 is 0 Å². The number of benzene rings is 4. The molecule has 0 fully saturated rings. The van der Waals surface area contributed by atoms with Crippen LogP contribution in [0.15, 0.2) is 90.0 Å². The first-order chi connectivity index (χ1) is 19.5. The van der Waals surface area contributed by atoms with Crippen molar-refractivity contribution in [1.82, 2.24) is 0 Å². The molecule has 1 unspecified atom stereocenters. The van der Waals surface area contributed by atoms with E-state index < -0.39 is 0 Å². The molecule has 0 aromatic heterocycles. The van der Waals surface area contributed by atoms with Gasteiger partial charge in [-0.2, -0.15) is 0 Å². The minimum Gasteiger partial charge on any atom is -0.0715 e. The van der Waals surface area contributed by atoms with Gasteiger partial charge in [-0.3, -0.25) is 0 Å². The van der Waals surface area contributed by atoms with E-state index in [1.165, 1.54) is 83.1 Å². The number of rotatable bonds is 1. The third kappa shape index (κ3) is 2.96. The smallest absolute Gasteiger partial charge is 0.0443 e. The fourth-order valence-corrected chi connectivity index (χ4v) is 9.41. The molecule has 0 radical (unpaired) electrons. The van der Waals surface area contributed by atoms with E-state index in [1.54, 1.807) is 0 Å². The molecule has 0 heterocycles. The molecule has 0 N–H and O–H groups in total. The minimum atomic E-state index is -0.141. The summed E-state index contributed by atoms with van der Waals surface area (Å²) in [6.07, 6.45) is 6.02. The molecule has 8 rings (SSSR count). The fourth-order valence-electron chi connectivity index (χ4n) is 9.41. The Balaban J connectivity index is 1.48. The monoisotopic (exact) mass is 532 g/mol. The van der Waals surface area contributed by atoms with Crippen molar-refractivity contribution in [3.63, 3.8) is 0 Å². The molecule has 0 amide bonds. The van der Waals surface area contributed by atoms with E-state index in [9.17, 15) is 0 Å². The molecule has 41 heavy (non-hydrogen) atoms. The number of hydrogen-bond acceptors (Lipinski definition) is 0. The molecule has 0 nitrogen and oxygen atoms in total. The molecule has 0 saturated carbocycles. The molecule has 0 aliphatic heterocycles. The zero-order chi connectivity index (χ0) is 28.6. The summed E-state index contributed by atoms with van der Waals surface area (Å²) in [5.41, 5.74) is 19.0. The van der Waals surface area contributed by atoms with Crippen molar-refractivity contribution in [2.75, 3.05) is 0 Å². The van der Waals surface area contributed by atoms with Gasteiger partial charge in [-0.25, -0.2) is 0 Å². The van der Waals surface area contributed by atoms with Crippen LogP contribution in [0.4, 0.5) is 0 Å². The summed E-state index contributed by atoms with van der Waals surface area (Å²) in [5.74, 6) is 0.518. The summed E-state index contributed by atoms with van der Waals surface area (Å²) >= 11 is 0. The number of fused-ring (bicyclic) bond motifs is 12. The van der Waals surface area contributed by atoms with Gasteiger partial charge in [0.25, 0.3) is 0 Å². The average Bonchev–Trinajstić information content (AvgIpc) is 3.43. The molecule has 1 spiro atoms. The highest BCUT2D eigenvalue weighted by atomic mass is 14.6. The van der Waals surface area contributed by atoms with Crippen molar-refractivity contribution in [3.05, 3.63) is 129 Å². The Labute approximate surface area is 245 Å². The predicted molar refractivity (Wildman–Crippen MR) is 176 cm³/mol. The maximum atomic E-state index is 2.59. The second-order valence-corrected chi connectivity index (χ2v) is 14.6. The molecule has 4 aliphatic carbocycles. The number of allylic oxidation sites excluding steroid dienone is 6. The molecular weight excluding hydrogens is 492 g/mol. The van der Waals surface area contributed by atoms with Gasteiger partial charge in [0.15, 0.2) is 0 Å². The molecule has 0 bridgehead atoms. The molecular formula is C41H40. The fraction of sp³-hybridized carbons (Fsp3) is 0.317. The zero-order valence-electron chi connectivity index (χ0n) is 25.8. The Morgan fingerprint density at radius 2 is 1.41 bits per heavy atom. The Hall–Kier alpha value is -3.64. The van der Waals surface area contributed by atoms with Gasteiger partial charge in [0, 0.05) is 16.2 Å². The predicted octanol–water partition coefficient (Wildman–Crippen LogP) is 11.0. The van der Waals surface area contributed by atoms with Crippen LogP contribution in [0.2, 0.25) is 0 Å². The third-order valence-electron chi connectivity index (χ3n) is 10.9. The Kier molecular flexibility index (Phi) is 4.77. The quantitative estimate of drug-likeness (QED) is 0.229. The molecule has 0 heteroatoms. The van der Waals surface area contributed by atoms with Crippen LogP contribution >= 0.6 is 0 Å². The van der Waals surface area contributed by atoms with E-state index in [-0.39, 0.29) is 16.2 Å². The molecule has 4 aromatic carbocycles. The van der Waals surface area contributed by atoms with Gasteiger partial charge in [0.05, 0.1) is 0 Å². The summed E-state index contributed by atoms with van der Waals surface area (Å²) < 4.78 is 0. The first-order valence-electron chi connectivity index (χ1n) is 15.4. The van der Waals surface area contributed by atoms with Gasteiger partial charge < -0.3 is 0 Å². The third-order valence-corrected chi connectivity index (χ3v) is 10.9. The lowest BCUT2D eigenvalue weighted by atomic mass is 9.68. The highest BCUT2D eigenvalue weighted by molar-refractivity contribution is 6.12. The standard InChI is InChI=1S/C41H40/c1-23(2)26-13-15-28-27(20-26)14-16-30-34-33(41(35(28)30)21-24(3)19-25(4)22-41)18-17-31-36(34)40(7,8)37-29-11-9-10-12-32(29)39(5,6)38(31)37/h9-21,23H,22H2,1-8H3. The first kappa shape index (κ1) is 25.1. The summed E-state index contributed by atoms with van der Waals surface area (Å²) in [6, 6.07) is 26.2. The van der Waals surface area contributed by atoms with Gasteiger partial charge in [-0.15, -0.1) is 0 Å². The molecule has 4 aromatic rings. The normalized spacial score (nSPS) is 22.5. The lowest BCUT2D eigenvalue weighted by molar-refractivity contribution is 0.638. The molecule has 1 atom stereocenters. The van der Waals surface area contributed by atoms with Gasteiger partial charge in [0.1, 0.15) is 0 Å². The van der Waals surface area contributed by atoms with Gasteiger partial charge in [-0.1, -0.05) is 132 Å². The van der Waals surface area contributed by atoms with Crippen molar-refractivity contribution < 1.29 is 0 Å². The highest BCUT2D eigenvalue weighted by Crippen LogP contribution is 2.67. The van der Waals surface area contributed by atoms with E-state index >= 15 is 0 Å². The average molecular weight is 533 g/mol. The van der Waals surface area contributed by atoms with Crippen LogP contribution in [0, 0.1) is 0 Å². The van der Waals surface area contributed by atoms with Crippen molar-refractivity contribution in [2.24, 2.45) is 0 Å². The van der Waals surface area contributed by atoms with Crippen LogP contribution in [-0.4, -0.2) is 0 Å². The molecule has 204 valence electrons. The van der Waals surface area contributed by atoms with Crippen LogP contribution in [0.5, 0.6) is 0 Å². The van der Waals surface area contributed by atoms with Crippen LogP contribution in [-0.2, 0) is 16.2 Å². The number of hydrogen-bond donors (Lipinski definition) is 0. The second kappa shape index (κ2) is 7.80. The lowest BCUT2D eigenvalue weighted by Gasteiger charge is -2.35. The lowest BCUT2D eigenvalue weighted by Crippen LogP contribution is -2.26. The Morgan fingerprint density at radius 1 is 0.683 bits per heavy atom. The Bertz CT molecular complexity index is 1950. The van der Waals surface area contributed by atoms with Crippen molar-refractivity contribution in [1.29, 1.82) is 0 Å². The van der Waals surface area contributed by atoms with E-state index in [0.717, 1.165) is 6.42 Å². The topological polar surface area (TPSA) is 0 Å². The zero-order valence-corrected chi connectivity index (χ0v) is 25.8. The summed E-state index contributed by atoms with van der Waals surface area (Å²) in [4.78, 5) is 0. The van der Waals surface area contributed by atoms with Gasteiger partial charge in [-0.05, 0) is 98.2 Å². The minimum absolute atomic E-state index is 0.0148. The van der Waals surface area contributed by atoms with Crippen LogP contribution in [0.1, 0.15) is 107 Å². The van der Waals surface area contributed by atoms with Crippen LogP contribution < -0.4 is 0 Å². The summed E-state index contributed by atoms with van der Waals surface area (Å²) in [6.45, 7) is 19.0. The van der Waals surface area contributed by atoms with Gasteiger partial charge in [0.2, 0.25) is 0 Å².